The zero-order valence-electron chi connectivity index (χ0n) is 19.3. The van der Waals surface area contributed by atoms with Crippen LogP contribution in [0.25, 0.3) is 10.9 Å². The number of carbonyl (C=O) groups excluding carboxylic acids is 1. The smallest absolute Gasteiger partial charge is 0.252 e. The van der Waals surface area contributed by atoms with E-state index in [2.05, 4.69) is 4.98 Å². The lowest BCUT2D eigenvalue weighted by Gasteiger charge is -2.25. The zero-order chi connectivity index (χ0) is 24.6. The third-order valence-electron chi connectivity index (χ3n) is 6.24. The van der Waals surface area contributed by atoms with E-state index in [1.54, 1.807) is 30.3 Å². The number of nitrogens with zero attached hydrogens (tertiary/aromatic N) is 1. The molecule has 0 aliphatic carbocycles. The highest BCUT2D eigenvalue weighted by Gasteiger charge is 2.30. The molecule has 2 aliphatic heterocycles. The topological polar surface area (TPSA) is 115 Å². The third-order valence-corrected chi connectivity index (χ3v) is 8.05. The van der Waals surface area contributed by atoms with E-state index in [0.29, 0.717) is 53.3 Å². The largest absolute Gasteiger partial charge is 0.486 e. The van der Waals surface area contributed by atoms with Crippen molar-refractivity contribution in [3.05, 3.63) is 63.9 Å². The number of aromatic nitrogens is 1. The molecule has 1 fully saturated rings. The molecule has 10 heteroatoms. The molecular weight excluding hydrogens is 472 g/mol. The molecule has 5 rings (SSSR count). The van der Waals surface area contributed by atoms with Crippen molar-refractivity contribution >= 4 is 26.7 Å². The van der Waals surface area contributed by atoms with Crippen LogP contribution in [-0.2, 0) is 21.3 Å². The van der Waals surface area contributed by atoms with Crippen molar-refractivity contribution in [2.24, 2.45) is 0 Å². The van der Waals surface area contributed by atoms with Crippen molar-refractivity contribution in [2.75, 3.05) is 26.4 Å². The number of H-pyrrole nitrogens is 1. The first-order valence-corrected chi connectivity index (χ1v) is 12.9. The monoisotopic (exact) mass is 498 g/mol. The molecule has 35 heavy (non-hydrogen) atoms. The number of carbonyl (C=O) groups is 1. The number of sulfonamides is 1. The van der Waals surface area contributed by atoms with Gasteiger partial charge in [0.25, 0.3) is 5.56 Å². The van der Waals surface area contributed by atoms with E-state index in [-0.39, 0.29) is 35.4 Å². The van der Waals surface area contributed by atoms with Crippen LogP contribution in [0.2, 0.25) is 0 Å². The van der Waals surface area contributed by atoms with Crippen molar-refractivity contribution in [1.29, 1.82) is 0 Å². The molecule has 0 bridgehead atoms. The highest BCUT2D eigenvalue weighted by atomic mass is 32.2. The van der Waals surface area contributed by atoms with Gasteiger partial charge in [0.05, 0.1) is 16.5 Å². The molecule has 9 nitrogen and oxygen atoms in total. The van der Waals surface area contributed by atoms with Crippen LogP contribution in [0.5, 0.6) is 11.5 Å². The van der Waals surface area contributed by atoms with E-state index < -0.39 is 10.0 Å². The first-order valence-electron chi connectivity index (χ1n) is 11.5. The summed E-state index contributed by atoms with van der Waals surface area (Å²) in [5, 5.41) is 0.705. The molecule has 1 aromatic heterocycles. The van der Waals surface area contributed by atoms with Gasteiger partial charge in [-0.15, -0.1) is 0 Å². The molecule has 1 N–H and O–H groups in total. The maximum absolute atomic E-state index is 13.7. The molecular formula is C25H26N2O7S. The number of nitrogens with one attached hydrogen (secondary N) is 1. The average Bonchev–Trinajstić information content (AvgIpc) is 3.36. The second-order valence-electron chi connectivity index (χ2n) is 8.72. The summed E-state index contributed by atoms with van der Waals surface area (Å²) in [5.74, 6) is 0.903. The highest BCUT2D eigenvalue weighted by molar-refractivity contribution is 7.89. The second-order valence-corrected chi connectivity index (χ2v) is 10.7. The van der Waals surface area contributed by atoms with Gasteiger partial charge in [0.1, 0.15) is 13.2 Å². The standard InChI is InChI=1S/C25H26N2O7S/c1-16(28)17-4-2-6-21(11-17)35(30,31)27(15-20-5-3-7-32-20)14-19-10-18-12-23-24(34-9-8-33-23)13-22(18)26-25(19)29/h2,4,6,10-13,20H,3,5,7-9,14-15H2,1H3,(H,26,29)/t20-/m0/s1. The summed E-state index contributed by atoms with van der Waals surface area (Å²) in [7, 11) is -4.02. The number of Topliss-reactive ketones (excluding diaryl/α,β-unsaturated/α-hetero) is 1. The predicted octanol–water partition coefficient (Wildman–Crippen LogP) is 2.87. The van der Waals surface area contributed by atoms with E-state index >= 15 is 0 Å². The second kappa shape index (κ2) is 9.44. The van der Waals surface area contributed by atoms with Gasteiger partial charge in [-0.3, -0.25) is 9.59 Å². The fourth-order valence-corrected chi connectivity index (χ4v) is 5.88. The van der Waals surface area contributed by atoms with Crippen LogP contribution in [0.4, 0.5) is 0 Å². The molecule has 184 valence electrons. The lowest BCUT2D eigenvalue weighted by atomic mass is 10.1. The van der Waals surface area contributed by atoms with Gasteiger partial charge in [0, 0.05) is 42.3 Å². The number of hydrogen-bond acceptors (Lipinski definition) is 7. The van der Waals surface area contributed by atoms with Crippen molar-refractivity contribution < 1.29 is 27.4 Å². The summed E-state index contributed by atoms with van der Waals surface area (Å²) >= 11 is 0. The number of benzene rings is 2. The van der Waals surface area contributed by atoms with Gasteiger partial charge >= 0.3 is 0 Å². The number of pyridine rings is 1. The average molecular weight is 499 g/mol. The summed E-state index contributed by atoms with van der Waals surface area (Å²) in [4.78, 5) is 27.6. The predicted molar refractivity (Wildman–Crippen MR) is 129 cm³/mol. The van der Waals surface area contributed by atoms with Gasteiger partial charge in [0.2, 0.25) is 10.0 Å². The van der Waals surface area contributed by atoms with Gasteiger partial charge in [-0.1, -0.05) is 12.1 Å². The van der Waals surface area contributed by atoms with Gasteiger partial charge in [-0.25, -0.2) is 8.42 Å². The molecule has 2 aliphatic rings. The Morgan fingerprint density at radius 3 is 2.57 bits per heavy atom. The van der Waals surface area contributed by atoms with Crippen LogP contribution in [0.1, 0.15) is 35.7 Å². The normalized spacial score (nSPS) is 17.7. The number of ether oxygens (including phenoxy) is 3. The molecule has 1 atom stereocenters. The molecule has 2 aromatic carbocycles. The molecule has 0 saturated carbocycles. The molecule has 0 radical (unpaired) electrons. The van der Waals surface area contributed by atoms with Crippen molar-refractivity contribution in [3.63, 3.8) is 0 Å². The summed E-state index contributed by atoms with van der Waals surface area (Å²) in [5.41, 5.74) is 0.780. The first-order chi connectivity index (χ1) is 16.8. The fourth-order valence-electron chi connectivity index (χ4n) is 4.38. The van der Waals surface area contributed by atoms with Gasteiger partial charge in [-0.2, -0.15) is 4.31 Å². The van der Waals surface area contributed by atoms with Crippen molar-refractivity contribution in [1.82, 2.24) is 9.29 Å². The van der Waals surface area contributed by atoms with Crippen molar-refractivity contribution in [2.45, 2.75) is 37.3 Å². The lowest BCUT2D eigenvalue weighted by Crippen LogP contribution is -2.38. The van der Waals surface area contributed by atoms with E-state index in [1.165, 1.54) is 23.4 Å². The molecule has 0 amide bonds. The molecule has 3 aromatic rings. The Bertz CT molecular complexity index is 1440. The molecule has 0 unspecified atom stereocenters. The van der Waals surface area contributed by atoms with Gasteiger partial charge < -0.3 is 19.2 Å². The van der Waals surface area contributed by atoms with Gasteiger partial charge in [-0.05, 0) is 44.0 Å². The molecule has 3 heterocycles. The first kappa shape index (κ1) is 23.5. The van der Waals surface area contributed by atoms with Crippen LogP contribution < -0.4 is 15.0 Å². The SMILES string of the molecule is CC(=O)c1cccc(S(=O)(=O)N(Cc2cc3cc4c(cc3[nH]c2=O)OCCO4)C[C@@H]2CCCO2)c1. The van der Waals surface area contributed by atoms with Crippen LogP contribution in [-0.4, -0.2) is 56.0 Å². The van der Waals surface area contributed by atoms with Crippen LogP contribution in [0, 0.1) is 0 Å². The van der Waals surface area contributed by atoms with E-state index in [0.717, 1.165) is 12.8 Å². The number of aromatic amines is 1. The molecule has 1 saturated heterocycles. The highest BCUT2D eigenvalue weighted by Crippen LogP contribution is 2.34. The zero-order valence-corrected chi connectivity index (χ0v) is 20.1. The quantitative estimate of drug-likeness (QED) is 0.498. The minimum atomic E-state index is -4.02. The summed E-state index contributed by atoms with van der Waals surface area (Å²) in [6.45, 7) is 2.78. The van der Waals surface area contributed by atoms with Crippen LogP contribution in [0.15, 0.2) is 52.2 Å². The van der Waals surface area contributed by atoms with Gasteiger partial charge in [0.15, 0.2) is 17.3 Å². The Morgan fingerprint density at radius 2 is 1.86 bits per heavy atom. The number of hydrogen-bond donors (Lipinski definition) is 1. The maximum Gasteiger partial charge on any atom is 0.252 e. The Hall–Kier alpha value is -3.21. The number of rotatable bonds is 7. The van der Waals surface area contributed by atoms with E-state index in [4.69, 9.17) is 14.2 Å². The summed E-state index contributed by atoms with van der Waals surface area (Å²) in [6, 6.07) is 11.1. The lowest BCUT2D eigenvalue weighted by molar-refractivity contribution is 0.0925. The van der Waals surface area contributed by atoms with E-state index in [1.807, 2.05) is 0 Å². The maximum atomic E-state index is 13.7. The molecule has 0 spiro atoms. The summed E-state index contributed by atoms with van der Waals surface area (Å²) in [6.07, 6.45) is 1.32. The van der Waals surface area contributed by atoms with Crippen molar-refractivity contribution in [3.8, 4) is 11.5 Å². The Morgan fingerprint density at radius 1 is 1.09 bits per heavy atom. The van der Waals surface area contributed by atoms with Crippen LogP contribution in [0.3, 0.4) is 0 Å². The summed E-state index contributed by atoms with van der Waals surface area (Å²) < 4.78 is 45.5. The van der Waals surface area contributed by atoms with E-state index in [9.17, 15) is 18.0 Å². The minimum Gasteiger partial charge on any atom is -0.486 e. The number of fused-ring (bicyclic) bond motifs is 2. The van der Waals surface area contributed by atoms with Crippen LogP contribution >= 0.6 is 0 Å². The Balaban J connectivity index is 1.53. The Kier molecular flexibility index (Phi) is 6.35. The fraction of sp³-hybridized carbons (Fsp3) is 0.360. The Labute approximate surface area is 202 Å². The third kappa shape index (κ3) is 4.82. The minimum absolute atomic E-state index is 0.0000306. The number of ketones is 1.